The summed E-state index contributed by atoms with van der Waals surface area (Å²) in [6.07, 6.45) is 3.99. The predicted octanol–water partition coefficient (Wildman–Crippen LogP) is 7.82. The van der Waals surface area contributed by atoms with Crippen LogP contribution in [0.5, 0.6) is 0 Å². The van der Waals surface area contributed by atoms with Crippen molar-refractivity contribution in [1.29, 1.82) is 0 Å². The highest BCUT2D eigenvalue weighted by Crippen LogP contribution is 2.43. The molecule has 13 nitrogen and oxygen atoms in total. The fraction of sp³-hybridized carbons (Fsp3) is 0.612. The van der Waals surface area contributed by atoms with Gasteiger partial charge in [0.1, 0.15) is 12.6 Å². The van der Waals surface area contributed by atoms with E-state index in [2.05, 4.69) is 39.5 Å². The normalized spacial score (nSPS) is 19.1. The maximum atomic E-state index is 14.6. The van der Waals surface area contributed by atoms with Gasteiger partial charge in [-0.05, 0) is 107 Å². The summed E-state index contributed by atoms with van der Waals surface area (Å²) in [5, 5.41) is 8.05. The Morgan fingerprint density at radius 3 is 2.59 bits per heavy atom. The van der Waals surface area contributed by atoms with Gasteiger partial charge in [-0.15, -0.1) is 11.3 Å². The second-order valence-corrected chi connectivity index (χ2v) is 20.3. The van der Waals surface area contributed by atoms with E-state index in [0.29, 0.717) is 75.2 Å². The van der Waals surface area contributed by atoms with Crippen molar-refractivity contribution in [1.82, 2.24) is 40.1 Å². The third-order valence-corrected chi connectivity index (χ3v) is 14.6. The van der Waals surface area contributed by atoms with Crippen LogP contribution in [0.25, 0.3) is 33.4 Å². The summed E-state index contributed by atoms with van der Waals surface area (Å²) in [4.78, 5) is 54.6. The Morgan fingerprint density at radius 2 is 1.89 bits per heavy atom. The summed E-state index contributed by atoms with van der Waals surface area (Å²) >= 11 is 1.39. The Hall–Kier alpha value is -4.42. The zero-order valence-corrected chi connectivity index (χ0v) is 40.1. The van der Waals surface area contributed by atoms with Gasteiger partial charge in [-0.2, -0.15) is 13.2 Å². The number of likely N-dealkylation sites (tertiary alicyclic amines) is 1. The predicted molar refractivity (Wildman–Crippen MR) is 250 cm³/mol. The standard InChI is InChI=1S/C49H67F3N8O5S/c1-7-57(5)26-33-18-22-58(27-33)44(34-13-8-9-14-34)46(62)56-39(47(63)60-21-11-10-20-54-60)24-42-55-40(28-66-42)35-16-17-41-37(23-35)38(25-48(3,4)30-65-31-61)45(59(41)29-49(50,51)52)36-15-12-19-53-43(36)32(2)64-6/h12,15-17,19,23,28,31-34,39,44,54H,7-11,13-14,18,20-22,24-27,29-30H2,1-6H3,(H,56,62). The number of hydrogen-bond donors (Lipinski definition) is 2. The van der Waals surface area contributed by atoms with Gasteiger partial charge in [-0.1, -0.05) is 39.7 Å². The van der Waals surface area contributed by atoms with E-state index in [1.165, 1.54) is 23.0 Å². The topological polar surface area (TPSA) is 134 Å². The molecule has 4 unspecified atom stereocenters. The molecule has 1 aliphatic carbocycles. The molecule has 4 aromatic rings. The van der Waals surface area contributed by atoms with Crippen LogP contribution in [0.2, 0.25) is 0 Å². The van der Waals surface area contributed by atoms with Gasteiger partial charge in [0.2, 0.25) is 5.91 Å². The van der Waals surface area contributed by atoms with Crippen molar-refractivity contribution in [3.8, 4) is 22.5 Å². The first-order valence-corrected chi connectivity index (χ1v) is 24.5. The molecule has 4 atom stereocenters. The first-order valence-electron chi connectivity index (χ1n) is 23.6. The van der Waals surface area contributed by atoms with Gasteiger partial charge in [0.05, 0.1) is 40.8 Å². The van der Waals surface area contributed by atoms with Gasteiger partial charge in [0, 0.05) is 78.7 Å². The molecule has 3 aromatic heterocycles. The fourth-order valence-corrected chi connectivity index (χ4v) is 11.1. The van der Waals surface area contributed by atoms with E-state index in [-0.39, 0.29) is 43.2 Å². The number of aromatic nitrogens is 3. The number of amides is 2. The molecule has 3 fully saturated rings. The highest BCUT2D eigenvalue weighted by atomic mass is 32.1. The third-order valence-electron chi connectivity index (χ3n) is 13.7. The Labute approximate surface area is 390 Å². The number of halogens is 3. The van der Waals surface area contributed by atoms with Crippen molar-refractivity contribution >= 4 is 40.5 Å². The van der Waals surface area contributed by atoms with Crippen LogP contribution in [-0.2, 0) is 43.2 Å². The molecule has 2 saturated heterocycles. The number of pyridine rings is 1. The van der Waals surface area contributed by atoms with Crippen molar-refractivity contribution in [2.45, 2.75) is 116 Å². The molecule has 2 amide bonds. The van der Waals surface area contributed by atoms with E-state index < -0.39 is 30.3 Å². The van der Waals surface area contributed by atoms with Crippen LogP contribution < -0.4 is 10.7 Å². The van der Waals surface area contributed by atoms with Gasteiger partial charge in [0.25, 0.3) is 12.4 Å². The van der Waals surface area contributed by atoms with E-state index in [9.17, 15) is 27.6 Å². The molecule has 2 N–H and O–H groups in total. The number of ether oxygens (including phenoxy) is 2. The van der Waals surface area contributed by atoms with Crippen LogP contribution in [0, 0.1) is 17.3 Å². The van der Waals surface area contributed by atoms with Crippen molar-refractivity contribution in [2.24, 2.45) is 17.3 Å². The lowest BCUT2D eigenvalue weighted by atomic mass is 9.84. The van der Waals surface area contributed by atoms with Crippen molar-refractivity contribution in [3.05, 3.63) is 58.2 Å². The van der Waals surface area contributed by atoms with Crippen LogP contribution >= 0.6 is 11.3 Å². The molecule has 66 heavy (non-hydrogen) atoms. The van der Waals surface area contributed by atoms with Crippen LogP contribution in [0.3, 0.4) is 0 Å². The Balaban J connectivity index is 1.24. The zero-order chi connectivity index (χ0) is 47.2. The molecule has 2 aliphatic heterocycles. The fourth-order valence-electron chi connectivity index (χ4n) is 10.3. The van der Waals surface area contributed by atoms with Gasteiger partial charge in [-0.3, -0.25) is 29.3 Å². The summed E-state index contributed by atoms with van der Waals surface area (Å²) in [6.45, 7) is 11.8. The molecule has 7 rings (SSSR count). The molecule has 0 spiro atoms. The first-order chi connectivity index (χ1) is 31.6. The maximum absolute atomic E-state index is 14.6. The van der Waals surface area contributed by atoms with E-state index >= 15 is 0 Å². The SMILES string of the molecule is CCN(C)CC1CCN(C(C(=O)NC(Cc2nc(-c3ccc4c(c3)c(CC(C)(C)COC=O)c(-c3cccnc3C(C)OC)n4CC(F)(F)F)cs2)C(=O)N2CCCCN2)C2CCCC2)C1. The van der Waals surface area contributed by atoms with Gasteiger partial charge in [-0.25, -0.2) is 10.4 Å². The van der Waals surface area contributed by atoms with E-state index in [4.69, 9.17) is 14.5 Å². The number of benzene rings is 1. The number of hydrazine groups is 1. The molecule has 1 saturated carbocycles. The monoisotopic (exact) mass is 936 g/mol. The summed E-state index contributed by atoms with van der Waals surface area (Å²) in [5.74, 6) is 0.409. The number of carbonyl (C=O) groups is 3. The van der Waals surface area contributed by atoms with E-state index in [1.807, 2.05) is 25.3 Å². The third kappa shape index (κ3) is 11.8. The molecular weight excluding hydrogens is 870 g/mol. The minimum Gasteiger partial charge on any atom is -0.467 e. The highest BCUT2D eigenvalue weighted by molar-refractivity contribution is 7.10. The zero-order valence-electron chi connectivity index (χ0n) is 39.3. The lowest BCUT2D eigenvalue weighted by molar-refractivity contribution is -0.141. The largest absolute Gasteiger partial charge is 0.467 e. The Kier molecular flexibility index (Phi) is 16.3. The maximum Gasteiger partial charge on any atom is 0.406 e. The summed E-state index contributed by atoms with van der Waals surface area (Å²) < 4.78 is 55.9. The minimum absolute atomic E-state index is 0.0469. The van der Waals surface area contributed by atoms with Gasteiger partial charge in [0.15, 0.2) is 0 Å². The Bertz CT molecular complexity index is 2290. The lowest BCUT2D eigenvalue weighted by Gasteiger charge is -2.35. The summed E-state index contributed by atoms with van der Waals surface area (Å²) in [5.41, 5.74) is 6.25. The molecule has 0 bridgehead atoms. The molecule has 5 heterocycles. The van der Waals surface area contributed by atoms with Gasteiger partial charge >= 0.3 is 6.18 Å². The number of fused-ring (bicyclic) bond motifs is 1. The van der Waals surface area contributed by atoms with Crippen LogP contribution in [0.15, 0.2) is 41.9 Å². The number of rotatable bonds is 20. The molecular formula is C49H67F3N8O5S. The van der Waals surface area contributed by atoms with Crippen molar-refractivity contribution < 1.29 is 37.0 Å². The smallest absolute Gasteiger partial charge is 0.406 e. The minimum atomic E-state index is -4.56. The highest BCUT2D eigenvalue weighted by Gasteiger charge is 2.41. The number of carbonyl (C=O) groups excluding carboxylic acids is 3. The number of thiazole rings is 1. The number of nitrogens with zero attached hydrogens (tertiary/aromatic N) is 6. The number of hydrogen-bond acceptors (Lipinski definition) is 11. The number of methoxy groups -OCH3 is 1. The summed E-state index contributed by atoms with van der Waals surface area (Å²) in [7, 11) is 3.67. The second-order valence-electron chi connectivity index (χ2n) is 19.3. The van der Waals surface area contributed by atoms with E-state index in [1.54, 1.807) is 42.4 Å². The average molecular weight is 937 g/mol. The van der Waals surface area contributed by atoms with E-state index in [0.717, 1.165) is 71.1 Å². The molecule has 0 radical (unpaired) electrons. The molecule has 3 aliphatic rings. The second kappa shape index (κ2) is 21.7. The van der Waals surface area contributed by atoms with Gasteiger partial charge < -0.3 is 24.3 Å². The molecule has 360 valence electrons. The quantitative estimate of drug-likeness (QED) is 0.0846. The van der Waals surface area contributed by atoms with Crippen LogP contribution in [0.1, 0.15) is 95.0 Å². The number of nitrogens with one attached hydrogen (secondary N) is 2. The van der Waals surface area contributed by atoms with Crippen LogP contribution in [0.4, 0.5) is 13.2 Å². The summed E-state index contributed by atoms with van der Waals surface area (Å²) in [6, 6.07) is 7.66. The average Bonchev–Trinajstić information content (AvgIpc) is 4.14. The first kappa shape index (κ1) is 49.5. The molecule has 17 heteroatoms. The Morgan fingerprint density at radius 1 is 1.11 bits per heavy atom. The molecule has 1 aromatic carbocycles. The lowest BCUT2D eigenvalue weighted by Crippen LogP contribution is -2.59. The number of alkyl halides is 3. The van der Waals surface area contributed by atoms with Crippen molar-refractivity contribution in [2.75, 3.05) is 60.0 Å². The van der Waals surface area contributed by atoms with Crippen molar-refractivity contribution in [3.63, 3.8) is 0 Å². The van der Waals surface area contributed by atoms with Crippen LogP contribution in [-0.4, -0.2) is 126 Å².